The zero-order chi connectivity index (χ0) is 29.7. The van der Waals surface area contributed by atoms with Gasteiger partial charge in [-0.3, -0.25) is 24.2 Å². The summed E-state index contributed by atoms with van der Waals surface area (Å²) in [6.07, 6.45) is -0.219. The quantitative estimate of drug-likeness (QED) is 0.0587. The van der Waals surface area contributed by atoms with Crippen LogP contribution in [0.4, 0.5) is 0 Å². The van der Waals surface area contributed by atoms with Crippen LogP contribution in [0.2, 0.25) is 0 Å². The third kappa shape index (κ3) is 12.1. The molecule has 15 heteroatoms. The molecule has 0 saturated carbocycles. The Morgan fingerprint density at radius 3 is 1.97 bits per heavy atom. The van der Waals surface area contributed by atoms with E-state index in [1.54, 1.807) is 13.8 Å². The Labute approximate surface area is 225 Å². The summed E-state index contributed by atoms with van der Waals surface area (Å²) in [5, 5.41) is 26.5. The molecule has 1 rings (SSSR count). The highest BCUT2D eigenvalue weighted by Gasteiger charge is 2.31. The number of phenolic OH excluding ortho intramolecular Hbond substituents is 1. The third-order valence-corrected chi connectivity index (χ3v) is 5.58. The van der Waals surface area contributed by atoms with Crippen molar-refractivity contribution in [2.24, 2.45) is 33.8 Å². The molecule has 0 heterocycles. The van der Waals surface area contributed by atoms with Crippen molar-refractivity contribution in [3.05, 3.63) is 29.8 Å². The van der Waals surface area contributed by atoms with E-state index in [1.165, 1.54) is 24.3 Å². The summed E-state index contributed by atoms with van der Waals surface area (Å²) in [5.41, 5.74) is 22.0. The summed E-state index contributed by atoms with van der Waals surface area (Å²) in [6.45, 7) is 3.37. The predicted octanol–water partition coefficient (Wildman–Crippen LogP) is -2.61. The van der Waals surface area contributed by atoms with Crippen molar-refractivity contribution in [2.75, 3.05) is 6.54 Å². The van der Waals surface area contributed by atoms with E-state index in [0.717, 1.165) is 0 Å². The fraction of sp³-hybridized carbons (Fsp3) is 0.500. The molecule has 1 aromatic carbocycles. The van der Waals surface area contributed by atoms with Crippen LogP contribution in [0.1, 0.15) is 38.7 Å². The summed E-state index contributed by atoms with van der Waals surface area (Å²) in [6, 6.07) is 0.875. The Balaban J connectivity index is 3.20. The molecular weight excluding hydrogens is 512 g/mol. The first-order chi connectivity index (χ1) is 18.2. The van der Waals surface area contributed by atoms with Crippen LogP contribution in [-0.4, -0.2) is 76.5 Å². The topological polar surface area (TPSA) is 278 Å². The number of guanidine groups is 1. The summed E-state index contributed by atoms with van der Waals surface area (Å²) >= 11 is 0. The lowest BCUT2D eigenvalue weighted by molar-refractivity contribution is -0.143. The number of carboxylic acid groups (broad SMARTS) is 1. The van der Waals surface area contributed by atoms with Crippen LogP contribution in [0, 0.1) is 5.92 Å². The lowest BCUT2D eigenvalue weighted by Crippen LogP contribution is -2.58. The molecule has 4 atom stereocenters. The minimum Gasteiger partial charge on any atom is -0.508 e. The molecule has 39 heavy (non-hydrogen) atoms. The van der Waals surface area contributed by atoms with Crippen LogP contribution in [0.25, 0.3) is 0 Å². The Morgan fingerprint density at radius 1 is 0.897 bits per heavy atom. The lowest BCUT2D eigenvalue weighted by atomic mass is 10.0. The highest BCUT2D eigenvalue weighted by Crippen LogP contribution is 2.13. The van der Waals surface area contributed by atoms with Gasteiger partial charge in [-0.05, 0) is 36.5 Å². The summed E-state index contributed by atoms with van der Waals surface area (Å²) in [5.74, 6) is -5.04. The number of primary amides is 1. The fourth-order valence-electron chi connectivity index (χ4n) is 3.48. The van der Waals surface area contributed by atoms with Crippen molar-refractivity contribution in [3.63, 3.8) is 0 Å². The van der Waals surface area contributed by atoms with Crippen LogP contribution >= 0.6 is 0 Å². The van der Waals surface area contributed by atoms with E-state index < -0.39 is 66.1 Å². The molecular formula is C24H38N8O7. The van der Waals surface area contributed by atoms with Crippen molar-refractivity contribution in [1.29, 1.82) is 0 Å². The third-order valence-electron chi connectivity index (χ3n) is 5.58. The summed E-state index contributed by atoms with van der Waals surface area (Å²) in [4.78, 5) is 65.5. The maximum absolute atomic E-state index is 13.3. The number of aliphatic imine (C=N–C) groups is 1. The first-order valence-corrected chi connectivity index (χ1v) is 12.2. The number of nitrogens with two attached hydrogens (primary N) is 4. The number of carbonyl (C=O) groups is 5. The minimum absolute atomic E-state index is 0.00890. The van der Waals surface area contributed by atoms with E-state index in [0.29, 0.717) is 5.56 Å². The minimum atomic E-state index is -1.31. The molecule has 1 aromatic rings. The van der Waals surface area contributed by atoms with E-state index in [2.05, 4.69) is 20.9 Å². The average Bonchev–Trinajstić information content (AvgIpc) is 2.83. The van der Waals surface area contributed by atoms with E-state index in [-0.39, 0.29) is 37.5 Å². The second kappa shape index (κ2) is 15.8. The first-order valence-electron chi connectivity index (χ1n) is 12.2. The van der Waals surface area contributed by atoms with Crippen molar-refractivity contribution in [1.82, 2.24) is 16.0 Å². The summed E-state index contributed by atoms with van der Waals surface area (Å²) in [7, 11) is 0. The number of carboxylic acids is 1. The largest absolute Gasteiger partial charge is 0.508 e. The van der Waals surface area contributed by atoms with E-state index in [9.17, 15) is 34.2 Å². The second-order valence-electron chi connectivity index (χ2n) is 9.29. The number of carbonyl (C=O) groups excluding carboxylic acids is 4. The number of aromatic hydroxyl groups is 1. The maximum Gasteiger partial charge on any atom is 0.326 e. The number of amides is 4. The van der Waals surface area contributed by atoms with Crippen LogP contribution in [-0.2, 0) is 30.4 Å². The molecule has 216 valence electrons. The number of nitrogens with zero attached hydrogens (tertiary/aromatic N) is 1. The van der Waals surface area contributed by atoms with Crippen molar-refractivity contribution in [3.8, 4) is 5.75 Å². The van der Waals surface area contributed by atoms with Crippen molar-refractivity contribution in [2.45, 2.75) is 63.7 Å². The van der Waals surface area contributed by atoms with Gasteiger partial charge >= 0.3 is 5.97 Å². The van der Waals surface area contributed by atoms with Gasteiger partial charge < -0.3 is 49.1 Å². The molecule has 0 fully saturated rings. The Hall–Kier alpha value is -4.40. The Morgan fingerprint density at radius 2 is 1.46 bits per heavy atom. The van der Waals surface area contributed by atoms with Crippen LogP contribution in [0.15, 0.2) is 29.3 Å². The first kappa shape index (κ1) is 32.6. The van der Waals surface area contributed by atoms with Crippen molar-refractivity contribution >= 4 is 35.6 Å². The predicted molar refractivity (Wildman–Crippen MR) is 142 cm³/mol. The van der Waals surface area contributed by atoms with Gasteiger partial charge in [0, 0.05) is 13.0 Å². The standard InChI is InChI=1S/C24H38N8O7/c1-12(2)19(23(38)39)32-22(37)17(10-13-5-7-14(33)8-6-13)31-21(36)16(4-3-9-29-24(27)28)30-20(35)15(25)11-18(26)34/h5-8,12,15-17,19,33H,3-4,9-11,25H2,1-2H3,(H2,26,34)(H,30,35)(H,31,36)(H,32,37)(H,38,39)(H4,27,28,29). The maximum atomic E-state index is 13.3. The fourth-order valence-corrected chi connectivity index (χ4v) is 3.48. The molecule has 13 N–H and O–H groups in total. The highest BCUT2D eigenvalue weighted by atomic mass is 16.4. The number of hydrogen-bond donors (Lipinski definition) is 9. The average molecular weight is 551 g/mol. The zero-order valence-electron chi connectivity index (χ0n) is 21.9. The monoisotopic (exact) mass is 550 g/mol. The molecule has 4 amide bonds. The Bertz CT molecular complexity index is 1040. The van der Waals surface area contributed by atoms with Gasteiger partial charge in [-0.2, -0.15) is 0 Å². The smallest absolute Gasteiger partial charge is 0.326 e. The van der Waals surface area contributed by atoms with Gasteiger partial charge in [0.15, 0.2) is 5.96 Å². The van der Waals surface area contributed by atoms with Gasteiger partial charge in [0.2, 0.25) is 23.6 Å². The van der Waals surface area contributed by atoms with Gasteiger partial charge in [0.1, 0.15) is 23.9 Å². The molecule has 0 aliphatic heterocycles. The number of aliphatic carboxylic acids is 1. The molecule has 15 nitrogen and oxygen atoms in total. The van der Waals surface area contributed by atoms with E-state index in [4.69, 9.17) is 22.9 Å². The zero-order valence-corrected chi connectivity index (χ0v) is 21.9. The van der Waals surface area contributed by atoms with Crippen LogP contribution in [0.5, 0.6) is 5.75 Å². The highest BCUT2D eigenvalue weighted by molar-refractivity contribution is 5.95. The molecule has 0 radical (unpaired) electrons. The van der Waals surface area contributed by atoms with Gasteiger partial charge in [-0.15, -0.1) is 0 Å². The normalized spacial score (nSPS) is 13.8. The van der Waals surface area contributed by atoms with Crippen LogP contribution in [0.3, 0.4) is 0 Å². The SMILES string of the molecule is CC(C)C(NC(=O)C(Cc1ccc(O)cc1)NC(=O)C(CCCN=C(N)N)NC(=O)C(N)CC(N)=O)C(=O)O. The van der Waals surface area contributed by atoms with Crippen LogP contribution < -0.4 is 38.9 Å². The van der Waals surface area contributed by atoms with Gasteiger partial charge in [-0.1, -0.05) is 26.0 Å². The van der Waals surface area contributed by atoms with Gasteiger partial charge in [0.05, 0.1) is 12.5 Å². The molecule has 0 aliphatic carbocycles. The van der Waals surface area contributed by atoms with Gasteiger partial charge in [0.25, 0.3) is 0 Å². The number of phenols is 1. The Kier molecular flexibility index (Phi) is 13.2. The number of hydrogen-bond acceptors (Lipinski definition) is 8. The van der Waals surface area contributed by atoms with E-state index in [1.807, 2.05) is 0 Å². The lowest BCUT2D eigenvalue weighted by Gasteiger charge is -2.26. The molecule has 4 unspecified atom stereocenters. The molecule has 0 bridgehead atoms. The number of nitrogens with one attached hydrogen (secondary N) is 3. The molecule has 0 aromatic heterocycles. The second-order valence-corrected chi connectivity index (χ2v) is 9.29. The molecule has 0 spiro atoms. The van der Waals surface area contributed by atoms with Gasteiger partial charge in [-0.25, -0.2) is 4.79 Å². The van der Waals surface area contributed by atoms with E-state index >= 15 is 0 Å². The molecule has 0 saturated heterocycles. The van der Waals surface area contributed by atoms with Crippen molar-refractivity contribution < 1.29 is 34.2 Å². The molecule has 0 aliphatic rings. The summed E-state index contributed by atoms with van der Waals surface area (Å²) < 4.78 is 0. The number of rotatable bonds is 16. The number of benzene rings is 1.